The van der Waals surface area contributed by atoms with Gasteiger partial charge in [0.25, 0.3) is 0 Å². The molecule has 1 aromatic rings. The van der Waals surface area contributed by atoms with Crippen LogP contribution in [0.25, 0.3) is 0 Å². The molecule has 0 atom stereocenters. The second-order valence-electron chi connectivity index (χ2n) is 10.7. The monoisotopic (exact) mass is 516 g/mol. The van der Waals surface area contributed by atoms with Crippen LogP contribution in [0.1, 0.15) is 81.7 Å². The van der Waals surface area contributed by atoms with E-state index in [4.69, 9.17) is 18.5 Å². The SMILES string of the molecule is COc1ccc(CO[P+](OC(C)(C)C)(N(C(C)C)C(C)C)N(C(C)C)C(C)C)c([N+](=O)[O-])c1OC. The summed E-state index contributed by atoms with van der Waals surface area (Å²) in [5.74, 6) is 0.375. The Morgan fingerprint density at radius 1 is 0.886 bits per heavy atom. The molecule has 0 fully saturated rings. The second-order valence-corrected chi connectivity index (χ2v) is 13.0. The summed E-state index contributed by atoms with van der Waals surface area (Å²) < 4.78 is 29.0. The zero-order valence-electron chi connectivity index (χ0n) is 23.9. The minimum atomic E-state index is -2.95. The van der Waals surface area contributed by atoms with E-state index in [0.717, 1.165) is 0 Å². The molecule has 0 unspecified atom stereocenters. The van der Waals surface area contributed by atoms with Gasteiger partial charge in [0.15, 0.2) is 5.75 Å². The zero-order valence-corrected chi connectivity index (χ0v) is 24.8. The third-order valence-corrected chi connectivity index (χ3v) is 9.53. The minimum absolute atomic E-state index is 0.0214. The van der Waals surface area contributed by atoms with Gasteiger partial charge in [-0.2, -0.15) is 9.05 Å². The molecule has 10 heteroatoms. The van der Waals surface area contributed by atoms with Crippen LogP contribution >= 0.6 is 8.02 Å². The summed E-state index contributed by atoms with van der Waals surface area (Å²) in [6.45, 7) is 23.0. The highest BCUT2D eigenvalue weighted by Gasteiger charge is 2.62. The van der Waals surface area contributed by atoms with Crippen molar-refractivity contribution < 1.29 is 23.4 Å². The van der Waals surface area contributed by atoms with E-state index in [-0.39, 0.29) is 42.2 Å². The predicted molar refractivity (Wildman–Crippen MR) is 143 cm³/mol. The number of nitrogens with zero attached hydrogens (tertiary/aromatic N) is 3. The average Bonchev–Trinajstić information content (AvgIpc) is 2.68. The van der Waals surface area contributed by atoms with Crippen LogP contribution in [0.5, 0.6) is 11.5 Å². The summed E-state index contributed by atoms with van der Waals surface area (Å²) in [7, 11) is -0.0954. The summed E-state index contributed by atoms with van der Waals surface area (Å²) in [5, 5.41) is 12.1. The van der Waals surface area contributed by atoms with Gasteiger partial charge in [-0.25, -0.2) is 0 Å². The third kappa shape index (κ3) is 7.49. The molecule has 0 saturated carbocycles. The van der Waals surface area contributed by atoms with Gasteiger partial charge >= 0.3 is 13.7 Å². The lowest BCUT2D eigenvalue weighted by atomic mass is 10.1. The van der Waals surface area contributed by atoms with Crippen molar-refractivity contribution in [1.82, 2.24) is 9.34 Å². The Balaban J connectivity index is 3.86. The molecule has 1 rings (SSSR count). The number of hydrogen-bond acceptors (Lipinski definition) is 8. The molecule has 1 aromatic carbocycles. The molecule has 9 nitrogen and oxygen atoms in total. The third-order valence-electron chi connectivity index (χ3n) is 5.27. The smallest absolute Gasteiger partial charge is 0.438 e. The molecule has 0 bridgehead atoms. The first kappa shape index (κ1) is 31.5. The standard InChI is InChI=1S/C25H47N3O6P/c1-17(2)26(18(3)4)35(34-25(9,10)11,27(19(5)6)20(7)8)33-16-21-14-15-22(31-12)24(32-13)23(21)28(29)30/h14-15,17-20H,16H2,1-13H3/q+1. The van der Waals surface area contributed by atoms with E-state index < -0.39 is 18.5 Å². The van der Waals surface area contributed by atoms with E-state index in [2.05, 4.69) is 64.7 Å². The van der Waals surface area contributed by atoms with E-state index in [1.165, 1.54) is 14.2 Å². The van der Waals surface area contributed by atoms with E-state index in [1.54, 1.807) is 12.1 Å². The number of benzene rings is 1. The van der Waals surface area contributed by atoms with Crippen LogP contribution < -0.4 is 9.47 Å². The van der Waals surface area contributed by atoms with Gasteiger partial charge in [0.1, 0.15) is 12.2 Å². The van der Waals surface area contributed by atoms with Crippen molar-refractivity contribution in [1.29, 1.82) is 0 Å². The summed E-state index contributed by atoms with van der Waals surface area (Å²) in [5.41, 5.74) is -0.294. The van der Waals surface area contributed by atoms with Crippen molar-refractivity contribution in [2.75, 3.05) is 14.2 Å². The van der Waals surface area contributed by atoms with E-state index >= 15 is 0 Å². The van der Waals surface area contributed by atoms with Crippen molar-refractivity contribution in [3.05, 3.63) is 27.8 Å². The Hall–Kier alpha value is -1.51. The molecule has 0 aromatic heterocycles. The summed E-state index contributed by atoms with van der Waals surface area (Å²) in [6, 6.07) is 3.74. The first-order chi connectivity index (χ1) is 16.0. The second kappa shape index (κ2) is 12.6. The van der Waals surface area contributed by atoms with Crippen LogP contribution in [0.4, 0.5) is 5.69 Å². The highest BCUT2D eigenvalue weighted by Crippen LogP contribution is 2.72. The van der Waals surface area contributed by atoms with Crippen LogP contribution in [0.2, 0.25) is 0 Å². The van der Waals surface area contributed by atoms with Crippen LogP contribution in [-0.2, 0) is 15.7 Å². The van der Waals surface area contributed by atoms with Gasteiger partial charge in [-0.05, 0) is 88.3 Å². The summed E-state index contributed by atoms with van der Waals surface area (Å²) in [4.78, 5) is 11.6. The maximum absolute atomic E-state index is 12.1. The molecule has 0 aliphatic rings. The molecule has 0 heterocycles. The van der Waals surface area contributed by atoms with Gasteiger partial charge < -0.3 is 9.47 Å². The van der Waals surface area contributed by atoms with Crippen LogP contribution in [0.15, 0.2) is 12.1 Å². The Bertz CT molecular complexity index is 803. The first-order valence-corrected chi connectivity index (χ1v) is 13.8. The molecule has 0 N–H and O–H groups in total. The van der Waals surface area contributed by atoms with Gasteiger partial charge in [-0.3, -0.25) is 10.1 Å². The van der Waals surface area contributed by atoms with Crippen molar-refractivity contribution >= 4 is 13.7 Å². The fraction of sp³-hybridized carbons (Fsp3) is 0.760. The van der Waals surface area contributed by atoms with Crippen LogP contribution in [0.3, 0.4) is 0 Å². The highest BCUT2D eigenvalue weighted by molar-refractivity contribution is 7.61. The largest absolute Gasteiger partial charge is 0.493 e. The number of nitro benzene ring substituents is 1. The van der Waals surface area contributed by atoms with Crippen LogP contribution in [-0.4, -0.2) is 58.3 Å². The molecular formula is C25H47N3O6P+. The van der Waals surface area contributed by atoms with E-state index in [9.17, 15) is 10.1 Å². The highest BCUT2D eigenvalue weighted by atomic mass is 31.2. The Labute approximate surface area is 212 Å². The van der Waals surface area contributed by atoms with E-state index in [0.29, 0.717) is 11.3 Å². The first-order valence-electron chi connectivity index (χ1n) is 12.2. The number of nitro groups is 1. The normalized spacial score (nSPS) is 13.1. The predicted octanol–water partition coefficient (Wildman–Crippen LogP) is 6.86. The Morgan fingerprint density at radius 3 is 1.66 bits per heavy atom. The van der Waals surface area contributed by atoms with Crippen molar-refractivity contribution in [2.24, 2.45) is 0 Å². The van der Waals surface area contributed by atoms with Gasteiger partial charge in [0.2, 0.25) is 5.75 Å². The topological polar surface area (TPSA) is 86.5 Å². The molecule has 0 amide bonds. The lowest BCUT2D eigenvalue weighted by Gasteiger charge is -2.46. The number of methoxy groups -OCH3 is 2. The van der Waals surface area contributed by atoms with E-state index in [1.807, 2.05) is 20.8 Å². The molecule has 35 heavy (non-hydrogen) atoms. The zero-order chi connectivity index (χ0) is 27.3. The molecule has 0 saturated heterocycles. The summed E-state index contributed by atoms with van der Waals surface area (Å²) >= 11 is 0. The summed E-state index contributed by atoms with van der Waals surface area (Å²) in [6.07, 6.45) is 0. The van der Waals surface area contributed by atoms with Gasteiger partial charge in [-0.1, -0.05) is 0 Å². The van der Waals surface area contributed by atoms with Crippen molar-refractivity contribution in [2.45, 2.75) is 113 Å². The number of ether oxygens (including phenoxy) is 2. The molecule has 0 aliphatic carbocycles. The molecule has 0 spiro atoms. The maximum atomic E-state index is 12.1. The van der Waals surface area contributed by atoms with Gasteiger partial charge in [0, 0.05) is 24.2 Å². The molecule has 202 valence electrons. The quantitative estimate of drug-likeness (QED) is 0.160. The Morgan fingerprint density at radius 2 is 1.34 bits per heavy atom. The molecular weight excluding hydrogens is 469 g/mol. The lowest BCUT2D eigenvalue weighted by Crippen LogP contribution is -2.51. The fourth-order valence-corrected chi connectivity index (χ4v) is 8.61. The van der Waals surface area contributed by atoms with Gasteiger partial charge in [0.05, 0.1) is 24.7 Å². The Kier molecular flexibility index (Phi) is 11.4. The van der Waals surface area contributed by atoms with Gasteiger partial charge in [-0.15, -0.1) is 9.34 Å². The van der Waals surface area contributed by atoms with Crippen molar-refractivity contribution in [3.63, 3.8) is 0 Å². The molecule has 0 radical (unpaired) electrons. The molecule has 0 aliphatic heterocycles. The fourth-order valence-electron chi connectivity index (χ4n) is 4.51. The minimum Gasteiger partial charge on any atom is -0.493 e. The average molecular weight is 517 g/mol. The lowest BCUT2D eigenvalue weighted by molar-refractivity contribution is -0.386. The number of hydrogen-bond donors (Lipinski definition) is 0. The maximum Gasteiger partial charge on any atom is 0.438 e. The van der Waals surface area contributed by atoms with Crippen molar-refractivity contribution in [3.8, 4) is 11.5 Å². The number of rotatable bonds is 13. The van der Waals surface area contributed by atoms with Crippen LogP contribution in [0, 0.1) is 10.1 Å².